The Bertz CT molecular complexity index is 1120. The molecule has 1 heterocycles. The first-order chi connectivity index (χ1) is 16.1. The minimum Gasteiger partial charge on any atom is -0.390 e. The molecule has 4 saturated carbocycles. The molecule has 2 aromatic rings. The minimum atomic E-state index is -0.480. The summed E-state index contributed by atoms with van der Waals surface area (Å²) >= 11 is 6.22. The van der Waals surface area contributed by atoms with E-state index in [0.29, 0.717) is 34.6 Å². The quantitative estimate of drug-likeness (QED) is 0.531. The maximum Gasteiger partial charge on any atom is 0.157 e. The highest BCUT2D eigenvalue weighted by Gasteiger charge is 2.61. The lowest BCUT2D eigenvalue weighted by atomic mass is 9.44. The van der Waals surface area contributed by atoms with Crippen LogP contribution in [0.15, 0.2) is 24.4 Å². The summed E-state index contributed by atoms with van der Waals surface area (Å²) in [5.41, 5.74) is 0.944. The van der Waals surface area contributed by atoms with Crippen LogP contribution in [-0.2, 0) is 11.3 Å². The number of ketones is 1. The third-order valence-electron chi connectivity index (χ3n) is 11.3. The Labute approximate surface area is 208 Å². The summed E-state index contributed by atoms with van der Waals surface area (Å²) in [4.78, 5) is 13.7. The van der Waals surface area contributed by atoms with Crippen molar-refractivity contribution in [3.05, 3.63) is 29.4 Å². The highest BCUT2D eigenvalue weighted by molar-refractivity contribution is 6.31. The van der Waals surface area contributed by atoms with Gasteiger partial charge in [-0.2, -0.15) is 5.10 Å². The number of nitrogens with zero attached hydrogens (tertiary/aromatic N) is 2. The predicted octanol–water partition coefficient (Wildman–Crippen LogP) is 6.67. The van der Waals surface area contributed by atoms with Crippen molar-refractivity contribution in [2.24, 2.45) is 40.4 Å². The van der Waals surface area contributed by atoms with Gasteiger partial charge in [-0.1, -0.05) is 25.4 Å². The topological polar surface area (TPSA) is 55.1 Å². The molecule has 4 aliphatic rings. The molecule has 0 unspecified atom stereocenters. The lowest BCUT2D eigenvalue weighted by Gasteiger charge is -2.61. The smallest absolute Gasteiger partial charge is 0.157 e. The van der Waals surface area contributed by atoms with E-state index in [1.165, 1.54) is 32.1 Å². The van der Waals surface area contributed by atoms with Gasteiger partial charge in [-0.25, -0.2) is 0 Å². The van der Waals surface area contributed by atoms with Crippen molar-refractivity contribution in [2.45, 2.75) is 90.7 Å². The molecule has 1 N–H and O–H groups in total. The first-order valence-corrected chi connectivity index (χ1v) is 13.8. The van der Waals surface area contributed by atoms with Gasteiger partial charge in [0.1, 0.15) is 6.54 Å². The van der Waals surface area contributed by atoms with Crippen LogP contribution in [0.2, 0.25) is 5.02 Å². The number of halogens is 1. The van der Waals surface area contributed by atoms with Crippen molar-refractivity contribution in [3.63, 3.8) is 0 Å². The van der Waals surface area contributed by atoms with Crippen molar-refractivity contribution in [3.8, 4) is 0 Å². The number of carbonyl (C=O) groups is 1. The van der Waals surface area contributed by atoms with Crippen molar-refractivity contribution in [1.82, 2.24) is 9.78 Å². The van der Waals surface area contributed by atoms with Gasteiger partial charge < -0.3 is 5.11 Å². The van der Waals surface area contributed by atoms with E-state index < -0.39 is 5.60 Å². The van der Waals surface area contributed by atoms with Crippen LogP contribution in [-0.4, -0.2) is 26.3 Å². The van der Waals surface area contributed by atoms with E-state index in [2.05, 4.69) is 18.9 Å². The molecule has 4 nitrogen and oxygen atoms in total. The summed E-state index contributed by atoms with van der Waals surface area (Å²) in [6.45, 7) is 7.36. The fourth-order valence-corrected chi connectivity index (χ4v) is 9.55. The molecule has 6 rings (SSSR count). The van der Waals surface area contributed by atoms with Gasteiger partial charge in [0, 0.05) is 16.3 Å². The monoisotopic (exact) mass is 482 g/mol. The van der Waals surface area contributed by atoms with E-state index in [9.17, 15) is 9.90 Å². The Morgan fingerprint density at radius 2 is 1.85 bits per heavy atom. The fraction of sp³-hybridized carbons (Fsp3) is 0.724. The molecule has 4 aliphatic carbocycles. The Hall–Kier alpha value is -1.39. The second-order valence-electron chi connectivity index (χ2n) is 13.0. The van der Waals surface area contributed by atoms with Crippen LogP contribution >= 0.6 is 11.6 Å². The molecule has 0 saturated heterocycles. The number of hydrogen-bond donors (Lipinski definition) is 1. The highest BCUT2D eigenvalue weighted by Crippen LogP contribution is 2.68. The van der Waals surface area contributed by atoms with Crippen LogP contribution in [0, 0.1) is 40.4 Å². The van der Waals surface area contributed by atoms with Gasteiger partial charge in [-0.15, -0.1) is 0 Å². The second kappa shape index (κ2) is 7.80. The van der Waals surface area contributed by atoms with E-state index in [-0.39, 0.29) is 11.3 Å². The van der Waals surface area contributed by atoms with Crippen molar-refractivity contribution in [2.75, 3.05) is 0 Å². The normalized spacial score (nSPS) is 43.9. The molecule has 1 aromatic carbocycles. The zero-order chi connectivity index (χ0) is 23.9. The van der Waals surface area contributed by atoms with Gasteiger partial charge in [0.05, 0.1) is 17.3 Å². The molecule has 0 amide bonds. The van der Waals surface area contributed by atoms with Crippen LogP contribution in [0.4, 0.5) is 0 Å². The van der Waals surface area contributed by atoms with Crippen LogP contribution < -0.4 is 0 Å². The SMILES string of the molecule is C[C@@]1(O)CC[C@@]2(C)[C@H](CC[C@@H]3[C@@H]2CC[C@]2(C)[C@@H](C(=O)Cn4ncc5ccc(Cl)cc54)CC[C@@H]32)C1. The molecule has 0 aliphatic heterocycles. The van der Waals surface area contributed by atoms with Crippen LogP contribution in [0.5, 0.6) is 0 Å². The Morgan fingerprint density at radius 3 is 2.68 bits per heavy atom. The zero-order valence-electron chi connectivity index (χ0n) is 20.9. The molecule has 5 heteroatoms. The van der Waals surface area contributed by atoms with Crippen LogP contribution in [0.3, 0.4) is 0 Å². The molecule has 8 atom stereocenters. The average Bonchev–Trinajstić information content (AvgIpc) is 3.34. The zero-order valence-corrected chi connectivity index (χ0v) is 21.7. The highest BCUT2D eigenvalue weighted by atomic mass is 35.5. The van der Waals surface area contributed by atoms with Gasteiger partial charge in [0.25, 0.3) is 0 Å². The standard InChI is InChI=1S/C29H39ClN2O2/c1-27(34)12-13-28(2)19(15-27)5-7-21-22-8-9-24(29(22,3)11-10-23(21)28)26(33)17-32-25-14-20(30)6-4-18(25)16-31-32/h4,6,14,16,19,21-24,34H,5,7-13,15,17H2,1-3H3/t19-,21+,22+,23+,24-,27-,28+,29+/m1/s1. The van der Waals surface area contributed by atoms with Gasteiger partial charge in [-0.3, -0.25) is 9.48 Å². The summed E-state index contributed by atoms with van der Waals surface area (Å²) in [6, 6.07) is 5.77. The largest absolute Gasteiger partial charge is 0.390 e. The van der Waals surface area contributed by atoms with Crippen molar-refractivity contribution in [1.29, 1.82) is 0 Å². The third kappa shape index (κ3) is 3.42. The van der Waals surface area contributed by atoms with Gasteiger partial charge in [0.2, 0.25) is 0 Å². The number of fused-ring (bicyclic) bond motifs is 6. The van der Waals surface area contributed by atoms with Crippen LogP contribution in [0.1, 0.15) is 78.6 Å². The molecular formula is C29H39ClN2O2. The first-order valence-electron chi connectivity index (χ1n) is 13.5. The summed E-state index contributed by atoms with van der Waals surface area (Å²) in [6.07, 6.45) is 12.1. The Morgan fingerprint density at radius 1 is 1.06 bits per heavy atom. The number of hydrogen-bond acceptors (Lipinski definition) is 3. The number of aliphatic hydroxyl groups is 1. The lowest BCUT2D eigenvalue weighted by molar-refractivity contribution is -0.151. The van der Waals surface area contributed by atoms with E-state index in [1.807, 2.05) is 36.0 Å². The van der Waals surface area contributed by atoms with Crippen molar-refractivity contribution < 1.29 is 9.90 Å². The lowest BCUT2D eigenvalue weighted by Crippen LogP contribution is -2.55. The molecule has 34 heavy (non-hydrogen) atoms. The summed E-state index contributed by atoms with van der Waals surface area (Å²) in [7, 11) is 0. The number of Topliss-reactive ketones (excluding diaryl/α,β-unsaturated/α-hetero) is 1. The molecular weight excluding hydrogens is 444 g/mol. The molecule has 0 spiro atoms. The van der Waals surface area contributed by atoms with Crippen LogP contribution in [0.25, 0.3) is 10.9 Å². The number of carbonyl (C=O) groups excluding carboxylic acids is 1. The minimum absolute atomic E-state index is 0.113. The summed E-state index contributed by atoms with van der Waals surface area (Å²) < 4.78 is 1.85. The van der Waals surface area contributed by atoms with E-state index in [1.54, 1.807) is 0 Å². The van der Waals surface area contributed by atoms with E-state index in [0.717, 1.165) is 48.4 Å². The van der Waals surface area contributed by atoms with Crippen molar-refractivity contribution >= 4 is 28.3 Å². The maximum atomic E-state index is 13.7. The molecule has 0 radical (unpaired) electrons. The van der Waals surface area contributed by atoms with E-state index >= 15 is 0 Å². The Kier molecular flexibility index (Phi) is 5.29. The predicted molar refractivity (Wildman–Crippen MR) is 136 cm³/mol. The third-order valence-corrected chi connectivity index (χ3v) is 11.5. The number of benzene rings is 1. The molecule has 4 fully saturated rings. The molecule has 0 bridgehead atoms. The first kappa shape index (κ1) is 23.0. The average molecular weight is 483 g/mol. The maximum absolute atomic E-state index is 13.7. The Balaban J connectivity index is 1.22. The second-order valence-corrected chi connectivity index (χ2v) is 13.4. The number of aromatic nitrogens is 2. The molecule has 1 aromatic heterocycles. The van der Waals surface area contributed by atoms with Gasteiger partial charge >= 0.3 is 0 Å². The number of rotatable bonds is 3. The fourth-order valence-electron chi connectivity index (χ4n) is 9.39. The molecule has 184 valence electrons. The van der Waals surface area contributed by atoms with Gasteiger partial charge in [0.15, 0.2) is 5.78 Å². The van der Waals surface area contributed by atoms with E-state index in [4.69, 9.17) is 11.6 Å². The summed E-state index contributed by atoms with van der Waals surface area (Å²) in [5, 5.41) is 17.0. The summed E-state index contributed by atoms with van der Waals surface area (Å²) in [5.74, 6) is 3.29. The van der Waals surface area contributed by atoms with Gasteiger partial charge in [-0.05, 0) is 117 Å².